The second-order valence-corrected chi connectivity index (χ2v) is 6.29. The van der Waals surface area contributed by atoms with Gasteiger partial charge in [0.15, 0.2) is 0 Å². The van der Waals surface area contributed by atoms with E-state index in [0.29, 0.717) is 24.3 Å². The van der Waals surface area contributed by atoms with E-state index in [1.165, 1.54) is 0 Å². The van der Waals surface area contributed by atoms with Crippen LogP contribution in [0.25, 0.3) is 0 Å². The van der Waals surface area contributed by atoms with Crippen molar-refractivity contribution in [3.63, 3.8) is 0 Å². The Bertz CT molecular complexity index is 491. The van der Waals surface area contributed by atoms with Crippen molar-refractivity contribution in [2.75, 3.05) is 22.9 Å². The molecule has 0 aliphatic heterocycles. The molecule has 5 N–H and O–H groups in total. The summed E-state index contributed by atoms with van der Waals surface area (Å²) in [5.74, 6) is 0.0675. The lowest BCUT2D eigenvalue weighted by Gasteiger charge is -2.18. The number of nitrogens with one attached hydrogen (secondary N) is 2. The fourth-order valence-electron chi connectivity index (χ4n) is 2.21. The van der Waals surface area contributed by atoms with E-state index in [2.05, 4.69) is 10.6 Å². The molecule has 0 heterocycles. The molecule has 124 valence electrons. The average molecular weight is 307 g/mol. The fraction of sp³-hybridized carbons (Fsp3) is 0.588. The minimum atomic E-state index is -0.703. The predicted molar refractivity (Wildman–Crippen MR) is 93.0 cm³/mol. The van der Waals surface area contributed by atoms with Crippen LogP contribution in [0.1, 0.15) is 47.0 Å². The van der Waals surface area contributed by atoms with E-state index in [9.17, 15) is 9.90 Å². The molecule has 5 nitrogen and oxygen atoms in total. The average Bonchev–Trinajstić information content (AvgIpc) is 2.41. The van der Waals surface area contributed by atoms with Crippen LogP contribution in [0.5, 0.6) is 0 Å². The van der Waals surface area contributed by atoms with E-state index in [4.69, 9.17) is 5.73 Å². The fourth-order valence-corrected chi connectivity index (χ4v) is 2.21. The van der Waals surface area contributed by atoms with E-state index in [0.717, 1.165) is 18.5 Å². The number of aliphatic hydroxyl groups is 1. The molecule has 0 aliphatic rings. The molecule has 0 saturated heterocycles. The van der Waals surface area contributed by atoms with Crippen molar-refractivity contribution in [2.24, 2.45) is 5.92 Å². The van der Waals surface area contributed by atoms with Crippen LogP contribution in [0.3, 0.4) is 0 Å². The number of anilines is 3. The maximum absolute atomic E-state index is 12.1. The Morgan fingerprint density at radius 3 is 2.45 bits per heavy atom. The van der Waals surface area contributed by atoms with E-state index >= 15 is 0 Å². The lowest BCUT2D eigenvalue weighted by atomic mass is 10.0. The summed E-state index contributed by atoms with van der Waals surface area (Å²) in [5.41, 5.74) is 7.41. The number of rotatable bonds is 8. The number of hydrogen-bond acceptors (Lipinski definition) is 4. The molecule has 0 unspecified atom stereocenters. The van der Waals surface area contributed by atoms with Crippen molar-refractivity contribution in [1.29, 1.82) is 0 Å². The summed E-state index contributed by atoms with van der Waals surface area (Å²) >= 11 is 0. The van der Waals surface area contributed by atoms with Crippen molar-refractivity contribution in [2.45, 2.75) is 52.6 Å². The lowest BCUT2D eigenvalue weighted by Crippen LogP contribution is -2.23. The lowest BCUT2D eigenvalue weighted by molar-refractivity contribution is -0.120. The third-order valence-corrected chi connectivity index (χ3v) is 3.73. The molecule has 22 heavy (non-hydrogen) atoms. The number of nitrogen functional groups attached to an aromatic ring is 1. The molecule has 0 aliphatic carbocycles. The van der Waals surface area contributed by atoms with Gasteiger partial charge in [0, 0.05) is 18.2 Å². The van der Waals surface area contributed by atoms with Gasteiger partial charge in [-0.15, -0.1) is 0 Å². The van der Waals surface area contributed by atoms with Gasteiger partial charge in [-0.3, -0.25) is 4.79 Å². The summed E-state index contributed by atoms with van der Waals surface area (Å²) in [4.78, 5) is 12.1. The molecule has 1 rings (SSSR count). The summed E-state index contributed by atoms with van der Waals surface area (Å²) in [6.45, 7) is 8.20. The molecule has 1 amide bonds. The van der Waals surface area contributed by atoms with Gasteiger partial charge in [0.25, 0.3) is 0 Å². The second kappa shape index (κ2) is 8.03. The van der Waals surface area contributed by atoms with Crippen LogP contribution >= 0.6 is 0 Å². The van der Waals surface area contributed by atoms with Gasteiger partial charge >= 0.3 is 0 Å². The Kier molecular flexibility index (Phi) is 6.68. The Labute approximate surface area is 133 Å². The highest BCUT2D eigenvalue weighted by Crippen LogP contribution is 2.24. The first-order chi connectivity index (χ1) is 10.3. The first-order valence-electron chi connectivity index (χ1n) is 7.93. The minimum Gasteiger partial charge on any atom is -0.397 e. The Morgan fingerprint density at radius 1 is 1.32 bits per heavy atom. The van der Waals surface area contributed by atoms with E-state index in [1.54, 1.807) is 19.9 Å². The molecule has 0 aromatic heterocycles. The molecule has 5 heteroatoms. The maximum atomic E-state index is 12.1. The zero-order valence-electron chi connectivity index (χ0n) is 14.1. The molecule has 0 bridgehead atoms. The number of nitrogens with two attached hydrogens (primary N) is 1. The van der Waals surface area contributed by atoms with Gasteiger partial charge in [0.2, 0.25) is 5.91 Å². The van der Waals surface area contributed by atoms with Gasteiger partial charge in [0.1, 0.15) is 0 Å². The summed E-state index contributed by atoms with van der Waals surface area (Å²) in [6, 6.07) is 5.44. The first-order valence-corrected chi connectivity index (χ1v) is 7.93. The monoisotopic (exact) mass is 307 g/mol. The smallest absolute Gasteiger partial charge is 0.227 e. The van der Waals surface area contributed by atoms with Crippen molar-refractivity contribution >= 4 is 23.0 Å². The molecule has 0 fully saturated rings. The molecular weight excluding hydrogens is 278 g/mol. The normalized spacial score (nSPS) is 11.5. The molecule has 0 saturated carbocycles. The van der Waals surface area contributed by atoms with Crippen molar-refractivity contribution in [1.82, 2.24) is 0 Å². The van der Waals surface area contributed by atoms with E-state index < -0.39 is 5.60 Å². The van der Waals surface area contributed by atoms with Gasteiger partial charge in [-0.1, -0.05) is 13.8 Å². The van der Waals surface area contributed by atoms with Crippen LogP contribution in [-0.4, -0.2) is 23.2 Å². The van der Waals surface area contributed by atoms with Gasteiger partial charge in [-0.05, 0) is 51.3 Å². The maximum Gasteiger partial charge on any atom is 0.227 e. The molecule has 0 spiro atoms. The summed E-state index contributed by atoms with van der Waals surface area (Å²) < 4.78 is 0. The van der Waals surface area contributed by atoms with Crippen LogP contribution in [-0.2, 0) is 4.79 Å². The molecule has 0 atom stereocenters. The van der Waals surface area contributed by atoms with Gasteiger partial charge < -0.3 is 21.5 Å². The third kappa shape index (κ3) is 5.93. The highest BCUT2D eigenvalue weighted by Gasteiger charge is 2.15. The van der Waals surface area contributed by atoms with Crippen LogP contribution < -0.4 is 16.4 Å². The third-order valence-electron chi connectivity index (χ3n) is 3.73. The van der Waals surface area contributed by atoms with E-state index in [-0.39, 0.29) is 11.8 Å². The Hall–Kier alpha value is -1.75. The van der Waals surface area contributed by atoms with Crippen LogP contribution in [0, 0.1) is 5.92 Å². The van der Waals surface area contributed by atoms with Crippen LogP contribution in [0.15, 0.2) is 18.2 Å². The predicted octanol–water partition coefficient (Wildman–Crippen LogP) is 3.22. The largest absolute Gasteiger partial charge is 0.397 e. The highest BCUT2D eigenvalue weighted by molar-refractivity contribution is 5.93. The second-order valence-electron chi connectivity index (χ2n) is 6.29. The summed E-state index contributed by atoms with van der Waals surface area (Å²) in [7, 11) is 0. The first kappa shape index (κ1) is 18.3. The number of benzene rings is 1. The summed E-state index contributed by atoms with van der Waals surface area (Å²) in [5, 5.41) is 15.8. The van der Waals surface area contributed by atoms with Gasteiger partial charge in [-0.25, -0.2) is 0 Å². The van der Waals surface area contributed by atoms with Gasteiger partial charge in [0.05, 0.1) is 17.0 Å². The van der Waals surface area contributed by atoms with Crippen molar-refractivity contribution < 1.29 is 9.90 Å². The quantitative estimate of drug-likeness (QED) is 0.555. The Balaban J connectivity index is 2.63. The molecule has 1 aromatic rings. The highest BCUT2D eigenvalue weighted by atomic mass is 16.3. The van der Waals surface area contributed by atoms with Gasteiger partial charge in [-0.2, -0.15) is 0 Å². The molecule has 0 radical (unpaired) electrons. The van der Waals surface area contributed by atoms with Crippen molar-refractivity contribution in [3.8, 4) is 0 Å². The van der Waals surface area contributed by atoms with Crippen molar-refractivity contribution in [3.05, 3.63) is 18.2 Å². The Morgan fingerprint density at radius 2 is 1.95 bits per heavy atom. The number of carbonyl (C=O) groups is 1. The topological polar surface area (TPSA) is 87.4 Å². The molecular formula is C17H29N3O2. The minimum absolute atomic E-state index is 0.0332. The van der Waals surface area contributed by atoms with Crippen LogP contribution in [0.2, 0.25) is 0 Å². The SMILES string of the molecule is CCC(CC)C(=O)Nc1ccc(NCCC(C)(C)O)c(N)c1. The zero-order valence-corrected chi connectivity index (χ0v) is 14.1. The number of carbonyl (C=O) groups excluding carboxylic acids is 1. The summed E-state index contributed by atoms with van der Waals surface area (Å²) in [6.07, 6.45) is 2.28. The standard InChI is InChI=1S/C17H29N3O2/c1-5-12(6-2)16(21)20-13-7-8-15(14(18)11-13)19-10-9-17(3,4)22/h7-8,11-12,19,22H,5-6,9-10,18H2,1-4H3,(H,20,21). The molecule has 1 aromatic carbocycles. The number of amides is 1. The number of hydrogen-bond donors (Lipinski definition) is 4. The zero-order chi connectivity index (χ0) is 16.8. The van der Waals surface area contributed by atoms with Crippen LogP contribution in [0.4, 0.5) is 17.1 Å². The van der Waals surface area contributed by atoms with E-state index in [1.807, 2.05) is 26.0 Å².